The number of amides is 3. The van der Waals surface area contributed by atoms with Crippen LogP contribution in [-0.4, -0.2) is 84.2 Å². The second-order valence-corrected chi connectivity index (χ2v) is 6.61. The number of rotatable bonds is 16. The monoisotopic (exact) mass is 452 g/mol. The number of thioether (sulfide) groups is 1. The quantitative estimate of drug-likeness (QED) is 0.0713. The lowest BCUT2D eigenvalue weighted by Crippen LogP contribution is -2.48. The summed E-state index contributed by atoms with van der Waals surface area (Å²) in [5.41, 5.74) is 0. The van der Waals surface area contributed by atoms with Gasteiger partial charge in [0.2, 0.25) is 5.78 Å². The van der Waals surface area contributed by atoms with Gasteiger partial charge in [-0.15, -0.1) is 10.1 Å². The smallest absolute Gasteiger partial charge is 0.329 e. The molecule has 0 saturated carbocycles. The number of esters is 1. The Balaban J connectivity index is 4.23. The summed E-state index contributed by atoms with van der Waals surface area (Å²) in [6.07, 6.45) is 0.231. The molecule has 30 heavy (non-hydrogen) atoms. The Morgan fingerprint density at radius 3 is 2.40 bits per heavy atom. The van der Waals surface area contributed by atoms with E-state index in [2.05, 4.69) is 25.5 Å². The van der Waals surface area contributed by atoms with Gasteiger partial charge >= 0.3 is 18.0 Å². The molecular weight excluding hydrogens is 428 g/mol. The first-order valence-corrected chi connectivity index (χ1v) is 9.82. The van der Waals surface area contributed by atoms with Crippen LogP contribution in [0.25, 0.3) is 0 Å². The number of ether oxygens (including phenoxy) is 1. The third kappa shape index (κ3) is 14.0. The van der Waals surface area contributed by atoms with Crippen LogP contribution >= 0.6 is 11.8 Å². The van der Waals surface area contributed by atoms with Crippen molar-refractivity contribution in [3.8, 4) is 0 Å². The maximum Gasteiger partial charge on any atom is 0.329 e. The molecule has 0 bridgehead atoms. The van der Waals surface area contributed by atoms with Crippen molar-refractivity contribution in [2.75, 3.05) is 38.3 Å². The van der Waals surface area contributed by atoms with Gasteiger partial charge in [-0.3, -0.25) is 14.4 Å². The van der Waals surface area contributed by atoms with Crippen LogP contribution in [0.5, 0.6) is 0 Å². The predicted octanol–water partition coefficient (Wildman–Crippen LogP) is -1.29. The fraction of sp³-hybridized carbons (Fsp3) is 0.667. The first-order chi connectivity index (χ1) is 14.2. The number of carbonyl (C=O) groups is 5. The zero-order chi connectivity index (χ0) is 22.9. The van der Waals surface area contributed by atoms with Crippen LogP contribution in [-0.2, 0) is 28.8 Å². The van der Waals surface area contributed by atoms with Crippen LogP contribution in [0.3, 0.4) is 0 Å². The topological polar surface area (TPSA) is 203 Å². The summed E-state index contributed by atoms with van der Waals surface area (Å²) in [6, 6.07) is -1.80. The molecule has 14 nitrogen and oxygen atoms in total. The van der Waals surface area contributed by atoms with Gasteiger partial charge in [-0.05, 0) is 12.8 Å². The van der Waals surface area contributed by atoms with Crippen molar-refractivity contribution in [2.24, 2.45) is 0 Å². The van der Waals surface area contributed by atoms with Gasteiger partial charge in [0.25, 0.3) is 11.0 Å². The van der Waals surface area contributed by atoms with E-state index in [9.17, 15) is 34.1 Å². The molecule has 0 fully saturated rings. The average Bonchev–Trinajstić information content (AvgIpc) is 2.68. The van der Waals surface area contributed by atoms with Crippen molar-refractivity contribution in [3.05, 3.63) is 10.1 Å². The average molecular weight is 452 g/mol. The molecule has 0 aromatic rings. The zero-order valence-electron chi connectivity index (χ0n) is 16.2. The highest BCUT2D eigenvalue weighted by molar-refractivity contribution is 8.00. The first kappa shape index (κ1) is 26.9. The highest BCUT2D eigenvalue weighted by Crippen LogP contribution is 2.05. The fourth-order valence-electron chi connectivity index (χ4n) is 1.81. The van der Waals surface area contributed by atoms with Crippen LogP contribution in [0.2, 0.25) is 0 Å². The Morgan fingerprint density at radius 2 is 1.80 bits per heavy atom. The molecule has 170 valence electrons. The summed E-state index contributed by atoms with van der Waals surface area (Å²) >= 11 is 0.918. The number of hydrogen-bond donors (Lipinski definition) is 4. The molecule has 0 heterocycles. The maximum atomic E-state index is 11.8. The van der Waals surface area contributed by atoms with E-state index in [4.69, 9.17) is 5.11 Å². The van der Waals surface area contributed by atoms with E-state index in [1.807, 2.05) is 0 Å². The standard InChI is InChI=1S/C15H24N4O10S/c1-28-14(24)10(18-15(25)17-5-2-4-12(21)22)8-30-9-11(20)13(23)16-6-3-7-29-19(26)27/h10H,2-9H2,1H3,(H,16,23)(H,21,22)(H2,17,18,25)/t10-/m0/s1. The molecule has 0 aliphatic carbocycles. The van der Waals surface area contributed by atoms with Gasteiger partial charge in [-0.1, -0.05) is 0 Å². The van der Waals surface area contributed by atoms with Crippen molar-refractivity contribution >= 4 is 41.4 Å². The number of urea groups is 1. The third-order valence-corrected chi connectivity index (χ3v) is 4.25. The normalized spacial score (nSPS) is 11.0. The predicted molar refractivity (Wildman–Crippen MR) is 102 cm³/mol. The first-order valence-electron chi connectivity index (χ1n) is 8.67. The van der Waals surface area contributed by atoms with Crippen molar-refractivity contribution < 1.29 is 43.7 Å². The van der Waals surface area contributed by atoms with Gasteiger partial charge in [-0.2, -0.15) is 11.8 Å². The molecule has 0 radical (unpaired) electrons. The molecule has 4 N–H and O–H groups in total. The van der Waals surface area contributed by atoms with Gasteiger partial charge in [0.1, 0.15) is 6.04 Å². The minimum absolute atomic E-state index is 0.0114. The number of carboxylic acid groups (broad SMARTS) is 1. The third-order valence-electron chi connectivity index (χ3n) is 3.22. The molecule has 0 spiro atoms. The molecule has 0 aliphatic rings. The van der Waals surface area contributed by atoms with Crippen molar-refractivity contribution in [2.45, 2.75) is 25.3 Å². The summed E-state index contributed by atoms with van der Waals surface area (Å²) in [4.78, 5) is 71.3. The van der Waals surface area contributed by atoms with Gasteiger partial charge in [0, 0.05) is 25.3 Å². The molecule has 0 aromatic heterocycles. The summed E-state index contributed by atoms with van der Waals surface area (Å²) in [5.74, 6) is -3.75. The van der Waals surface area contributed by atoms with Crippen molar-refractivity contribution in [3.63, 3.8) is 0 Å². The van der Waals surface area contributed by atoms with Crippen molar-refractivity contribution in [1.82, 2.24) is 16.0 Å². The Labute approximate surface area is 175 Å². The lowest BCUT2D eigenvalue weighted by molar-refractivity contribution is -0.757. The van der Waals surface area contributed by atoms with E-state index in [0.29, 0.717) is 0 Å². The van der Waals surface area contributed by atoms with E-state index in [0.717, 1.165) is 18.9 Å². The highest BCUT2D eigenvalue weighted by Gasteiger charge is 2.23. The number of methoxy groups -OCH3 is 1. The van der Waals surface area contributed by atoms with Crippen LogP contribution in [0, 0.1) is 10.1 Å². The summed E-state index contributed by atoms with van der Waals surface area (Å²) in [6.45, 7) is -0.122. The van der Waals surface area contributed by atoms with E-state index in [-0.39, 0.29) is 50.5 Å². The largest absolute Gasteiger partial charge is 0.481 e. The fourth-order valence-corrected chi connectivity index (χ4v) is 2.70. The lowest BCUT2D eigenvalue weighted by Gasteiger charge is -2.16. The van der Waals surface area contributed by atoms with E-state index in [1.165, 1.54) is 0 Å². The van der Waals surface area contributed by atoms with Gasteiger partial charge in [0.05, 0.1) is 19.5 Å². The molecule has 1 atom stereocenters. The molecule has 0 rings (SSSR count). The lowest BCUT2D eigenvalue weighted by atomic mass is 10.3. The number of Topliss-reactive ketones (excluding diaryl/α,β-unsaturated/α-hetero) is 1. The number of hydrogen-bond acceptors (Lipinski definition) is 10. The number of aliphatic carboxylic acids is 1. The second-order valence-electron chi connectivity index (χ2n) is 5.58. The number of carbonyl (C=O) groups excluding carboxylic acids is 4. The SMILES string of the molecule is COC(=O)[C@H](CSCC(=O)C(=O)NCCCO[N+](=O)[O-])NC(=O)NCCCC(=O)O. The Morgan fingerprint density at radius 1 is 1.13 bits per heavy atom. The van der Waals surface area contributed by atoms with E-state index in [1.54, 1.807) is 0 Å². The second kappa shape index (κ2) is 15.8. The minimum Gasteiger partial charge on any atom is -0.481 e. The molecular formula is C15H24N4O10S. The van der Waals surface area contributed by atoms with Gasteiger partial charge < -0.3 is 30.6 Å². The number of ketones is 1. The Kier molecular flexibility index (Phi) is 14.1. The molecule has 0 aliphatic heterocycles. The van der Waals surface area contributed by atoms with Gasteiger partial charge in [-0.25, -0.2) is 9.59 Å². The maximum absolute atomic E-state index is 11.8. The van der Waals surface area contributed by atoms with Crippen LogP contribution in [0.15, 0.2) is 0 Å². The Hall–Kier alpha value is -3.10. The van der Waals surface area contributed by atoms with Crippen LogP contribution in [0.1, 0.15) is 19.3 Å². The molecule has 15 heteroatoms. The number of carboxylic acids is 1. The summed E-state index contributed by atoms with van der Waals surface area (Å²) in [7, 11) is 1.12. The Bertz CT molecular complexity index is 631. The summed E-state index contributed by atoms with van der Waals surface area (Å²) < 4.78 is 4.57. The van der Waals surface area contributed by atoms with E-state index < -0.39 is 40.8 Å². The molecule has 0 saturated heterocycles. The summed E-state index contributed by atoms with van der Waals surface area (Å²) in [5, 5.41) is 24.5. The van der Waals surface area contributed by atoms with E-state index >= 15 is 0 Å². The number of nitrogens with zero attached hydrogens (tertiary/aromatic N) is 1. The van der Waals surface area contributed by atoms with Crippen LogP contribution < -0.4 is 16.0 Å². The minimum atomic E-state index is -1.09. The van der Waals surface area contributed by atoms with Crippen LogP contribution in [0.4, 0.5) is 4.79 Å². The number of nitrogens with one attached hydrogen (secondary N) is 3. The zero-order valence-corrected chi connectivity index (χ0v) is 17.0. The van der Waals surface area contributed by atoms with Crippen molar-refractivity contribution in [1.29, 1.82) is 0 Å². The highest BCUT2D eigenvalue weighted by atomic mass is 32.2. The molecule has 3 amide bonds. The molecule has 0 unspecified atom stereocenters. The molecule has 0 aromatic carbocycles. The van der Waals surface area contributed by atoms with Gasteiger partial charge in [0.15, 0.2) is 0 Å².